The first kappa shape index (κ1) is 31.0. The molecule has 0 bridgehead atoms. The van der Waals surface area contributed by atoms with Crippen molar-refractivity contribution in [3.05, 3.63) is 193 Å². The molecule has 5 nitrogen and oxygen atoms in total. The van der Waals surface area contributed by atoms with Crippen molar-refractivity contribution in [3.63, 3.8) is 0 Å². The number of furan rings is 2. The van der Waals surface area contributed by atoms with Crippen molar-refractivity contribution in [1.29, 1.82) is 0 Å². The van der Waals surface area contributed by atoms with Gasteiger partial charge in [0.15, 0.2) is 17.5 Å². The van der Waals surface area contributed by atoms with E-state index in [0.717, 1.165) is 82.7 Å². The molecule has 0 fully saturated rings. The Labute approximate surface area is 321 Å². The first-order valence-electron chi connectivity index (χ1n) is 19.0. The summed E-state index contributed by atoms with van der Waals surface area (Å²) in [6, 6.07) is 57.0. The van der Waals surface area contributed by atoms with Crippen LogP contribution in [-0.4, -0.2) is 15.0 Å². The standard InChI is InChI=1S/C51H31N3O2/c1-2-14-31(15-3-1)49-52-50(41-27-32-16-5-6-17-34(32)37-19-8-9-20-38(37)41)54-51(53-49)42-28-33(29-45-47(42)39-21-10-11-24-43(39)55-45)36-22-12-23-40-46-35-18-7-4-13-30(35)25-26-44(46)56-48(36)40/h1-28,33H,29H2. The second-order valence-corrected chi connectivity index (χ2v) is 14.6. The fourth-order valence-corrected chi connectivity index (χ4v) is 8.92. The van der Waals surface area contributed by atoms with Gasteiger partial charge in [-0.05, 0) is 50.5 Å². The van der Waals surface area contributed by atoms with Gasteiger partial charge in [-0.3, -0.25) is 0 Å². The van der Waals surface area contributed by atoms with Crippen LogP contribution < -0.4 is 0 Å². The van der Waals surface area contributed by atoms with Gasteiger partial charge in [-0.15, -0.1) is 0 Å². The number of hydrogen-bond donors (Lipinski definition) is 0. The Kier molecular flexibility index (Phi) is 6.69. The maximum absolute atomic E-state index is 6.76. The molecule has 11 aromatic rings. The average Bonchev–Trinajstić information content (AvgIpc) is 3.85. The third-order valence-corrected chi connectivity index (χ3v) is 11.4. The molecule has 0 N–H and O–H groups in total. The Morgan fingerprint density at radius 2 is 1.14 bits per heavy atom. The predicted molar refractivity (Wildman–Crippen MR) is 227 cm³/mol. The molecule has 262 valence electrons. The Bertz CT molecular complexity index is 3410. The highest BCUT2D eigenvalue weighted by Crippen LogP contribution is 2.46. The Balaban J connectivity index is 1.13. The van der Waals surface area contributed by atoms with E-state index < -0.39 is 0 Å². The lowest BCUT2D eigenvalue weighted by Crippen LogP contribution is -2.11. The predicted octanol–water partition coefficient (Wildman–Crippen LogP) is 13.1. The van der Waals surface area contributed by atoms with E-state index in [0.29, 0.717) is 23.9 Å². The summed E-state index contributed by atoms with van der Waals surface area (Å²) in [5.41, 5.74) is 7.55. The highest BCUT2D eigenvalue weighted by atomic mass is 16.3. The molecule has 56 heavy (non-hydrogen) atoms. The number of benzene rings is 8. The van der Waals surface area contributed by atoms with E-state index in [-0.39, 0.29) is 5.92 Å². The Morgan fingerprint density at radius 3 is 2.02 bits per heavy atom. The summed E-state index contributed by atoms with van der Waals surface area (Å²) in [5.74, 6) is 2.68. The van der Waals surface area contributed by atoms with E-state index >= 15 is 0 Å². The lowest BCUT2D eigenvalue weighted by Gasteiger charge is -2.22. The van der Waals surface area contributed by atoms with Crippen LogP contribution in [-0.2, 0) is 6.42 Å². The lowest BCUT2D eigenvalue weighted by molar-refractivity contribution is 0.530. The van der Waals surface area contributed by atoms with Crippen molar-refractivity contribution >= 4 is 70.8 Å². The van der Waals surface area contributed by atoms with Crippen LogP contribution in [0.15, 0.2) is 179 Å². The van der Waals surface area contributed by atoms with Crippen LogP contribution in [0.4, 0.5) is 0 Å². The third-order valence-electron chi connectivity index (χ3n) is 11.4. The van der Waals surface area contributed by atoms with Gasteiger partial charge in [0.2, 0.25) is 0 Å². The zero-order valence-corrected chi connectivity index (χ0v) is 30.1. The minimum absolute atomic E-state index is 0.0736. The van der Waals surface area contributed by atoms with Crippen molar-refractivity contribution in [2.45, 2.75) is 12.3 Å². The van der Waals surface area contributed by atoms with Crippen molar-refractivity contribution in [3.8, 4) is 22.8 Å². The van der Waals surface area contributed by atoms with Gasteiger partial charge in [-0.1, -0.05) is 152 Å². The number of allylic oxidation sites excluding steroid dienone is 1. The molecule has 0 amide bonds. The van der Waals surface area contributed by atoms with Crippen LogP contribution in [0.5, 0.6) is 0 Å². The number of para-hydroxylation sites is 2. The summed E-state index contributed by atoms with van der Waals surface area (Å²) < 4.78 is 13.5. The minimum Gasteiger partial charge on any atom is -0.460 e. The molecule has 0 saturated carbocycles. The molecule has 8 aromatic carbocycles. The molecule has 1 aliphatic rings. The number of rotatable bonds is 4. The van der Waals surface area contributed by atoms with Crippen molar-refractivity contribution in [1.82, 2.24) is 15.0 Å². The first-order valence-corrected chi connectivity index (χ1v) is 19.0. The molecule has 12 rings (SSSR count). The monoisotopic (exact) mass is 717 g/mol. The van der Waals surface area contributed by atoms with Gasteiger partial charge in [-0.25, -0.2) is 15.0 Å². The second-order valence-electron chi connectivity index (χ2n) is 14.6. The van der Waals surface area contributed by atoms with Gasteiger partial charge < -0.3 is 8.83 Å². The zero-order valence-electron chi connectivity index (χ0n) is 30.1. The molecule has 0 aliphatic heterocycles. The SMILES string of the molecule is C1=C(c2nc(-c3ccccc3)nc(-c3cc4ccccc4c4ccccc34)n2)c2c(oc3ccccc23)CC1c1cccc2c1oc1ccc3ccccc3c12. The summed E-state index contributed by atoms with van der Waals surface area (Å²) in [4.78, 5) is 15.9. The highest BCUT2D eigenvalue weighted by molar-refractivity contribution is 6.19. The van der Waals surface area contributed by atoms with Crippen molar-refractivity contribution < 1.29 is 8.83 Å². The molecular weight excluding hydrogens is 687 g/mol. The quantitative estimate of drug-likeness (QED) is 0.170. The lowest BCUT2D eigenvalue weighted by atomic mass is 9.83. The molecule has 0 spiro atoms. The van der Waals surface area contributed by atoms with Gasteiger partial charge in [-0.2, -0.15) is 0 Å². The second kappa shape index (κ2) is 12.1. The molecule has 3 heterocycles. The average molecular weight is 718 g/mol. The van der Waals surface area contributed by atoms with Crippen LogP contribution in [0, 0.1) is 0 Å². The van der Waals surface area contributed by atoms with Crippen LogP contribution in [0.2, 0.25) is 0 Å². The number of hydrogen-bond acceptors (Lipinski definition) is 5. The summed E-state index contributed by atoms with van der Waals surface area (Å²) >= 11 is 0. The maximum Gasteiger partial charge on any atom is 0.164 e. The van der Waals surface area contributed by atoms with Crippen molar-refractivity contribution in [2.75, 3.05) is 0 Å². The molecule has 5 heteroatoms. The van der Waals surface area contributed by atoms with Crippen LogP contribution >= 0.6 is 0 Å². The summed E-state index contributed by atoms with van der Waals surface area (Å²) in [6.07, 6.45) is 3.00. The van der Waals surface area contributed by atoms with E-state index in [2.05, 4.69) is 140 Å². The molecule has 1 unspecified atom stereocenters. The van der Waals surface area contributed by atoms with E-state index in [1.165, 1.54) is 16.2 Å². The van der Waals surface area contributed by atoms with Gasteiger partial charge in [0.05, 0.1) is 0 Å². The van der Waals surface area contributed by atoms with Gasteiger partial charge in [0.1, 0.15) is 22.5 Å². The number of nitrogens with zero attached hydrogens (tertiary/aromatic N) is 3. The fourth-order valence-electron chi connectivity index (χ4n) is 8.92. The zero-order chi connectivity index (χ0) is 36.7. The molecule has 0 saturated heterocycles. The topological polar surface area (TPSA) is 65.0 Å². The Morgan fingerprint density at radius 1 is 0.464 bits per heavy atom. The highest BCUT2D eigenvalue weighted by Gasteiger charge is 2.31. The molecule has 1 aliphatic carbocycles. The van der Waals surface area contributed by atoms with Gasteiger partial charge in [0, 0.05) is 56.3 Å². The molecule has 1 atom stereocenters. The van der Waals surface area contributed by atoms with Crippen LogP contribution in [0.25, 0.3) is 93.6 Å². The van der Waals surface area contributed by atoms with E-state index in [4.69, 9.17) is 23.8 Å². The normalized spacial score (nSPS) is 14.3. The van der Waals surface area contributed by atoms with Crippen molar-refractivity contribution in [2.24, 2.45) is 0 Å². The van der Waals surface area contributed by atoms with E-state index in [1.807, 2.05) is 30.3 Å². The van der Waals surface area contributed by atoms with Crippen LogP contribution in [0.3, 0.4) is 0 Å². The van der Waals surface area contributed by atoms with Gasteiger partial charge >= 0.3 is 0 Å². The molecular formula is C51H31N3O2. The summed E-state index contributed by atoms with van der Waals surface area (Å²) in [5, 5.41) is 10.3. The van der Waals surface area contributed by atoms with Crippen LogP contribution in [0.1, 0.15) is 28.6 Å². The van der Waals surface area contributed by atoms with E-state index in [9.17, 15) is 0 Å². The van der Waals surface area contributed by atoms with Gasteiger partial charge in [0.25, 0.3) is 0 Å². The number of aromatic nitrogens is 3. The maximum atomic E-state index is 6.76. The largest absolute Gasteiger partial charge is 0.460 e. The Hall–Kier alpha value is -7.37. The number of fused-ring (bicyclic) bond motifs is 11. The first-order chi connectivity index (χ1) is 27.7. The third kappa shape index (κ3) is 4.71. The minimum atomic E-state index is -0.0736. The smallest absolute Gasteiger partial charge is 0.164 e. The summed E-state index contributed by atoms with van der Waals surface area (Å²) in [6.45, 7) is 0. The summed E-state index contributed by atoms with van der Waals surface area (Å²) in [7, 11) is 0. The van der Waals surface area contributed by atoms with E-state index in [1.54, 1.807) is 0 Å². The molecule has 3 aromatic heterocycles. The fraction of sp³-hybridized carbons (Fsp3) is 0.0392. The molecule has 0 radical (unpaired) electrons.